The Labute approximate surface area is 71.2 Å². The minimum atomic E-state index is -0.317. The number of hydrogen-bond acceptors (Lipinski definition) is 4. The van der Waals surface area contributed by atoms with Crippen LogP contribution < -0.4 is 0 Å². The van der Waals surface area contributed by atoms with Gasteiger partial charge in [0.25, 0.3) is 0 Å². The van der Waals surface area contributed by atoms with Crippen molar-refractivity contribution in [1.82, 2.24) is 0 Å². The van der Waals surface area contributed by atoms with Crippen molar-refractivity contribution in [1.29, 1.82) is 0 Å². The Morgan fingerprint density at radius 2 is 2.42 bits per heavy atom. The lowest BCUT2D eigenvalue weighted by Crippen LogP contribution is -2.29. The third-order valence-corrected chi connectivity index (χ3v) is 1.96. The van der Waals surface area contributed by atoms with Crippen molar-refractivity contribution >= 4 is 11.7 Å². The van der Waals surface area contributed by atoms with E-state index in [1.54, 1.807) is 0 Å². The fourth-order valence-corrected chi connectivity index (χ4v) is 1.41. The van der Waals surface area contributed by atoms with Gasteiger partial charge in [-0.05, 0) is 25.7 Å². The molecule has 0 heterocycles. The monoisotopic (exact) mass is 171 g/mol. The number of rotatable bonds is 1. The summed E-state index contributed by atoms with van der Waals surface area (Å²) >= 11 is 0. The van der Waals surface area contributed by atoms with Crippen molar-refractivity contribution in [3.8, 4) is 0 Å². The minimum absolute atomic E-state index is 0.291. The van der Waals surface area contributed by atoms with Crippen LogP contribution in [0.5, 0.6) is 0 Å². The summed E-state index contributed by atoms with van der Waals surface area (Å²) in [6.45, 7) is 1.36. The molecule has 1 aliphatic carbocycles. The summed E-state index contributed by atoms with van der Waals surface area (Å²) in [5.74, 6) is -0.317. The zero-order valence-electron chi connectivity index (χ0n) is 7.12. The Morgan fingerprint density at radius 3 is 3.00 bits per heavy atom. The summed E-state index contributed by atoms with van der Waals surface area (Å²) in [6.07, 6.45) is 3.25. The van der Waals surface area contributed by atoms with Crippen LogP contribution in [0.15, 0.2) is 5.16 Å². The van der Waals surface area contributed by atoms with Crippen LogP contribution in [0.3, 0.4) is 0 Å². The zero-order valence-corrected chi connectivity index (χ0v) is 7.12. The van der Waals surface area contributed by atoms with E-state index >= 15 is 0 Å². The van der Waals surface area contributed by atoms with Gasteiger partial charge in [0.1, 0.15) is 6.10 Å². The molecule has 0 saturated heterocycles. The lowest BCUT2D eigenvalue weighted by atomic mass is 9.95. The van der Waals surface area contributed by atoms with Gasteiger partial charge in [-0.3, -0.25) is 4.79 Å². The largest absolute Gasteiger partial charge is 0.456 e. The Kier molecular flexibility index (Phi) is 3.08. The number of ether oxygens (including phenoxy) is 1. The first-order valence-corrected chi connectivity index (χ1v) is 4.12. The Balaban J connectivity index is 2.53. The second-order valence-electron chi connectivity index (χ2n) is 2.94. The summed E-state index contributed by atoms with van der Waals surface area (Å²) in [4.78, 5) is 10.6. The van der Waals surface area contributed by atoms with Gasteiger partial charge in [-0.2, -0.15) is 0 Å². The molecule has 1 atom stereocenters. The molecule has 0 bridgehead atoms. The molecule has 1 saturated carbocycles. The van der Waals surface area contributed by atoms with E-state index in [1.165, 1.54) is 6.92 Å². The lowest BCUT2D eigenvalue weighted by Gasteiger charge is -2.21. The van der Waals surface area contributed by atoms with Crippen LogP contribution in [0.25, 0.3) is 0 Å². The van der Waals surface area contributed by atoms with Gasteiger partial charge in [0.2, 0.25) is 0 Å². The van der Waals surface area contributed by atoms with Crippen molar-refractivity contribution in [3.05, 3.63) is 0 Å². The number of carbonyl (C=O) groups is 1. The average Bonchev–Trinajstić information content (AvgIpc) is 2.04. The van der Waals surface area contributed by atoms with E-state index in [-0.39, 0.29) is 12.1 Å². The van der Waals surface area contributed by atoms with Gasteiger partial charge in [0.15, 0.2) is 0 Å². The maximum absolute atomic E-state index is 10.6. The molecule has 0 aromatic rings. The molecule has 0 spiro atoms. The van der Waals surface area contributed by atoms with Crippen LogP contribution in [-0.4, -0.2) is 23.0 Å². The standard InChI is InChI=1S/C8H13NO3/c1-6(10)12-8-5-3-2-4-7(8)9-11/h8,11H,2-5H2,1H3. The molecule has 1 unspecified atom stereocenters. The van der Waals surface area contributed by atoms with E-state index in [0.29, 0.717) is 5.71 Å². The first kappa shape index (κ1) is 9.03. The molecular formula is C8H13NO3. The molecule has 0 amide bonds. The van der Waals surface area contributed by atoms with Crippen molar-refractivity contribution in [3.63, 3.8) is 0 Å². The topological polar surface area (TPSA) is 58.9 Å². The first-order chi connectivity index (χ1) is 5.74. The van der Waals surface area contributed by atoms with Crippen LogP contribution in [0.4, 0.5) is 0 Å². The quantitative estimate of drug-likeness (QED) is 0.367. The molecule has 1 fully saturated rings. The fraction of sp³-hybridized carbons (Fsp3) is 0.750. The van der Waals surface area contributed by atoms with Crippen LogP contribution in [0.1, 0.15) is 32.6 Å². The second kappa shape index (κ2) is 4.09. The van der Waals surface area contributed by atoms with Gasteiger partial charge in [0.05, 0.1) is 5.71 Å². The molecule has 0 aromatic heterocycles. The highest BCUT2D eigenvalue weighted by Crippen LogP contribution is 2.18. The molecule has 1 N–H and O–H groups in total. The fourth-order valence-electron chi connectivity index (χ4n) is 1.41. The summed E-state index contributed by atoms with van der Waals surface area (Å²) in [6, 6.07) is 0. The predicted octanol–water partition coefficient (Wildman–Crippen LogP) is 1.32. The third kappa shape index (κ3) is 2.22. The smallest absolute Gasteiger partial charge is 0.303 e. The molecule has 1 rings (SSSR count). The SMILES string of the molecule is CC(=O)OC1CCCCC1=NO. The highest BCUT2D eigenvalue weighted by atomic mass is 16.5. The minimum Gasteiger partial charge on any atom is -0.456 e. The van der Waals surface area contributed by atoms with Gasteiger partial charge in [-0.15, -0.1) is 0 Å². The molecule has 68 valence electrons. The van der Waals surface area contributed by atoms with Crippen molar-refractivity contribution in [2.45, 2.75) is 38.7 Å². The number of carbonyl (C=O) groups excluding carboxylic acids is 1. The van der Waals surface area contributed by atoms with E-state index in [9.17, 15) is 4.79 Å². The number of nitrogens with zero attached hydrogens (tertiary/aromatic N) is 1. The Bertz CT molecular complexity index is 200. The van der Waals surface area contributed by atoms with Crippen LogP contribution in [-0.2, 0) is 9.53 Å². The van der Waals surface area contributed by atoms with Gasteiger partial charge in [-0.25, -0.2) is 0 Å². The third-order valence-electron chi connectivity index (χ3n) is 1.96. The van der Waals surface area contributed by atoms with Crippen molar-refractivity contribution < 1.29 is 14.7 Å². The maximum Gasteiger partial charge on any atom is 0.303 e. The lowest BCUT2D eigenvalue weighted by molar-refractivity contribution is -0.143. The molecule has 4 heteroatoms. The molecule has 4 nitrogen and oxygen atoms in total. The van der Waals surface area contributed by atoms with Gasteiger partial charge in [-0.1, -0.05) is 5.16 Å². The molecule has 0 aromatic carbocycles. The summed E-state index contributed by atoms with van der Waals surface area (Å²) in [5.41, 5.74) is 0.594. The van der Waals surface area contributed by atoms with Crippen molar-refractivity contribution in [2.24, 2.45) is 5.16 Å². The normalized spacial score (nSPS) is 27.1. The van der Waals surface area contributed by atoms with E-state index < -0.39 is 0 Å². The van der Waals surface area contributed by atoms with Crippen LogP contribution in [0, 0.1) is 0 Å². The van der Waals surface area contributed by atoms with Gasteiger partial charge in [0, 0.05) is 6.92 Å². The average molecular weight is 171 g/mol. The van der Waals surface area contributed by atoms with E-state index in [2.05, 4.69) is 5.16 Å². The highest BCUT2D eigenvalue weighted by molar-refractivity contribution is 5.90. The summed E-state index contributed by atoms with van der Waals surface area (Å²) in [5, 5.41) is 11.7. The maximum atomic E-state index is 10.6. The summed E-state index contributed by atoms with van der Waals surface area (Å²) in [7, 11) is 0. The Hall–Kier alpha value is -1.06. The van der Waals surface area contributed by atoms with Gasteiger partial charge < -0.3 is 9.94 Å². The Morgan fingerprint density at radius 1 is 1.67 bits per heavy atom. The second-order valence-corrected chi connectivity index (χ2v) is 2.94. The van der Waals surface area contributed by atoms with Crippen LogP contribution in [0.2, 0.25) is 0 Å². The predicted molar refractivity (Wildman–Crippen MR) is 43.2 cm³/mol. The van der Waals surface area contributed by atoms with Crippen LogP contribution >= 0.6 is 0 Å². The van der Waals surface area contributed by atoms with Crippen molar-refractivity contribution in [2.75, 3.05) is 0 Å². The van der Waals surface area contributed by atoms with Gasteiger partial charge >= 0.3 is 5.97 Å². The van der Waals surface area contributed by atoms with E-state index in [1.807, 2.05) is 0 Å². The molecule has 1 aliphatic rings. The molecule has 0 radical (unpaired) electrons. The summed E-state index contributed by atoms with van der Waals surface area (Å²) < 4.78 is 4.96. The molecule has 0 aliphatic heterocycles. The number of esters is 1. The van der Waals surface area contributed by atoms with E-state index in [4.69, 9.17) is 9.94 Å². The number of hydrogen-bond donors (Lipinski definition) is 1. The van der Waals surface area contributed by atoms with E-state index in [0.717, 1.165) is 25.7 Å². The first-order valence-electron chi connectivity index (χ1n) is 4.12. The molecule has 12 heavy (non-hydrogen) atoms. The zero-order chi connectivity index (χ0) is 8.97. The molecular weight excluding hydrogens is 158 g/mol. The highest BCUT2D eigenvalue weighted by Gasteiger charge is 2.23. The number of oxime groups is 1.